The molecule has 1 atom stereocenters. The van der Waals surface area contributed by atoms with Crippen LogP contribution in [0.1, 0.15) is 40.5 Å². The summed E-state index contributed by atoms with van der Waals surface area (Å²) in [5, 5.41) is 12.8. The molecule has 0 aliphatic carbocycles. The van der Waals surface area contributed by atoms with Crippen LogP contribution in [0.4, 0.5) is 0 Å². The molecule has 0 aromatic heterocycles. The summed E-state index contributed by atoms with van der Waals surface area (Å²) in [7, 11) is 0. The molecule has 16 heavy (non-hydrogen) atoms. The van der Waals surface area contributed by atoms with Gasteiger partial charge in [-0.3, -0.25) is 0 Å². The van der Waals surface area contributed by atoms with E-state index >= 15 is 0 Å². The highest BCUT2D eigenvalue weighted by atomic mass is 16.3. The first-order valence-electron chi connectivity index (χ1n) is 6.79. The third-order valence-corrected chi connectivity index (χ3v) is 3.54. The summed E-state index contributed by atoms with van der Waals surface area (Å²) < 4.78 is 0. The van der Waals surface area contributed by atoms with Crippen LogP contribution in [0.2, 0.25) is 0 Å². The van der Waals surface area contributed by atoms with Crippen LogP contribution in [0.3, 0.4) is 0 Å². The Labute approximate surface area is 101 Å². The quantitative estimate of drug-likeness (QED) is 0.600. The Bertz CT molecular complexity index is 145. The zero-order chi connectivity index (χ0) is 12.4. The highest BCUT2D eigenvalue weighted by molar-refractivity contribution is 4.74. The van der Waals surface area contributed by atoms with Crippen LogP contribution in [0.5, 0.6) is 0 Å². The van der Waals surface area contributed by atoms with Gasteiger partial charge in [-0.1, -0.05) is 40.5 Å². The summed E-state index contributed by atoms with van der Waals surface area (Å²) in [5.74, 6) is 0.599. The van der Waals surface area contributed by atoms with Gasteiger partial charge in [-0.15, -0.1) is 0 Å². The summed E-state index contributed by atoms with van der Waals surface area (Å²) in [6.07, 6.45) is 2.28. The van der Waals surface area contributed by atoms with Gasteiger partial charge in [-0.25, -0.2) is 0 Å². The Morgan fingerprint density at radius 3 is 2.00 bits per heavy atom. The Morgan fingerprint density at radius 2 is 1.62 bits per heavy atom. The maximum absolute atomic E-state index is 9.36. The lowest BCUT2D eigenvalue weighted by Gasteiger charge is -2.26. The van der Waals surface area contributed by atoms with E-state index in [4.69, 9.17) is 0 Å². The summed E-state index contributed by atoms with van der Waals surface area (Å²) in [6.45, 7) is 13.3. The minimum Gasteiger partial charge on any atom is -0.395 e. The highest BCUT2D eigenvalue weighted by Gasteiger charge is 2.16. The molecule has 0 saturated carbocycles. The van der Waals surface area contributed by atoms with Crippen LogP contribution in [0.25, 0.3) is 0 Å². The number of aliphatic hydroxyl groups is 1. The molecule has 0 aliphatic heterocycles. The smallest absolute Gasteiger partial charge is 0.0587 e. The lowest BCUT2D eigenvalue weighted by molar-refractivity contribution is 0.185. The number of hydrogen-bond acceptors (Lipinski definition) is 3. The molecule has 1 unspecified atom stereocenters. The van der Waals surface area contributed by atoms with Crippen molar-refractivity contribution in [1.29, 1.82) is 0 Å². The fraction of sp³-hybridized carbons (Fsp3) is 1.00. The van der Waals surface area contributed by atoms with Gasteiger partial charge < -0.3 is 15.3 Å². The second-order valence-electron chi connectivity index (χ2n) is 4.35. The maximum atomic E-state index is 9.36. The van der Waals surface area contributed by atoms with Gasteiger partial charge in [0.1, 0.15) is 0 Å². The van der Waals surface area contributed by atoms with E-state index in [9.17, 15) is 5.11 Å². The number of rotatable bonds is 10. The minimum absolute atomic E-state index is 0.255. The fourth-order valence-electron chi connectivity index (χ4n) is 2.19. The van der Waals surface area contributed by atoms with Crippen LogP contribution in [0.15, 0.2) is 0 Å². The molecule has 3 heteroatoms. The molecule has 0 aromatic carbocycles. The van der Waals surface area contributed by atoms with Crippen molar-refractivity contribution in [2.45, 2.75) is 46.6 Å². The lowest BCUT2D eigenvalue weighted by atomic mass is 9.95. The third-order valence-electron chi connectivity index (χ3n) is 3.54. The molecule has 0 heterocycles. The number of hydrogen-bond donors (Lipinski definition) is 2. The number of nitrogens with one attached hydrogen (secondary N) is 1. The van der Waals surface area contributed by atoms with E-state index < -0.39 is 0 Å². The van der Waals surface area contributed by atoms with Gasteiger partial charge in [0.25, 0.3) is 0 Å². The SMILES string of the molecule is CCC(CC)C(CO)NCCN(CC)CC. The highest BCUT2D eigenvalue weighted by Crippen LogP contribution is 2.12. The third kappa shape index (κ3) is 5.83. The predicted octanol–water partition coefficient (Wildman–Crippen LogP) is 1.71. The molecule has 0 amide bonds. The number of nitrogens with zero attached hydrogens (tertiary/aromatic N) is 1. The van der Waals surface area contributed by atoms with E-state index in [1.807, 2.05) is 0 Å². The van der Waals surface area contributed by atoms with Gasteiger partial charge in [0.2, 0.25) is 0 Å². The summed E-state index contributed by atoms with van der Waals surface area (Å²) >= 11 is 0. The van der Waals surface area contributed by atoms with Crippen molar-refractivity contribution in [1.82, 2.24) is 10.2 Å². The van der Waals surface area contributed by atoms with Crippen molar-refractivity contribution in [2.24, 2.45) is 5.92 Å². The molecule has 98 valence electrons. The van der Waals surface area contributed by atoms with E-state index in [2.05, 4.69) is 37.9 Å². The summed E-state index contributed by atoms with van der Waals surface area (Å²) in [6, 6.07) is 0.269. The van der Waals surface area contributed by atoms with Gasteiger partial charge >= 0.3 is 0 Å². The van der Waals surface area contributed by atoms with E-state index in [1.54, 1.807) is 0 Å². The van der Waals surface area contributed by atoms with Crippen molar-refractivity contribution in [3.63, 3.8) is 0 Å². The fourth-order valence-corrected chi connectivity index (χ4v) is 2.19. The van der Waals surface area contributed by atoms with E-state index in [-0.39, 0.29) is 12.6 Å². The standard InChI is InChI=1S/C13H30N2O/c1-5-12(6-2)13(11-16)14-9-10-15(7-3)8-4/h12-14,16H,5-11H2,1-4H3. The van der Waals surface area contributed by atoms with Crippen LogP contribution in [-0.4, -0.2) is 48.8 Å². The Kier molecular flexibility index (Phi) is 9.99. The van der Waals surface area contributed by atoms with Gasteiger partial charge in [0.15, 0.2) is 0 Å². The van der Waals surface area contributed by atoms with Gasteiger partial charge in [0, 0.05) is 19.1 Å². The number of aliphatic hydroxyl groups excluding tert-OH is 1. The second-order valence-corrected chi connectivity index (χ2v) is 4.35. The molecule has 0 aliphatic rings. The van der Waals surface area contributed by atoms with Crippen molar-refractivity contribution in [3.05, 3.63) is 0 Å². The molecule has 0 rings (SSSR count). The van der Waals surface area contributed by atoms with Crippen molar-refractivity contribution in [3.8, 4) is 0 Å². The zero-order valence-corrected chi connectivity index (χ0v) is 11.5. The molecule has 2 N–H and O–H groups in total. The van der Waals surface area contributed by atoms with Gasteiger partial charge in [0.05, 0.1) is 6.61 Å². The molecule has 0 bridgehead atoms. The first-order chi connectivity index (χ1) is 7.73. The normalized spacial score (nSPS) is 13.7. The summed E-state index contributed by atoms with van der Waals surface area (Å²) in [4.78, 5) is 2.40. The molecule has 0 radical (unpaired) electrons. The molecular weight excluding hydrogens is 200 g/mol. The van der Waals surface area contributed by atoms with Crippen LogP contribution in [0, 0.1) is 5.92 Å². The second kappa shape index (κ2) is 10.1. The predicted molar refractivity (Wildman–Crippen MR) is 70.7 cm³/mol. The zero-order valence-electron chi connectivity index (χ0n) is 11.5. The first-order valence-corrected chi connectivity index (χ1v) is 6.79. The van der Waals surface area contributed by atoms with Crippen molar-refractivity contribution < 1.29 is 5.11 Å². The van der Waals surface area contributed by atoms with Gasteiger partial charge in [-0.2, -0.15) is 0 Å². The van der Waals surface area contributed by atoms with E-state index in [1.165, 1.54) is 0 Å². The minimum atomic E-state index is 0.255. The lowest BCUT2D eigenvalue weighted by Crippen LogP contribution is -2.43. The Morgan fingerprint density at radius 1 is 1.06 bits per heavy atom. The molecule has 3 nitrogen and oxygen atoms in total. The van der Waals surface area contributed by atoms with E-state index in [0.717, 1.165) is 39.0 Å². The number of likely N-dealkylation sites (N-methyl/N-ethyl adjacent to an activating group) is 1. The maximum Gasteiger partial charge on any atom is 0.0587 e. The van der Waals surface area contributed by atoms with Crippen LogP contribution < -0.4 is 5.32 Å². The largest absolute Gasteiger partial charge is 0.395 e. The Hall–Kier alpha value is -0.120. The topological polar surface area (TPSA) is 35.5 Å². The molecule has 0 aromatic rings. The molecular formula is C13H30N2O. The van der Waals surface area contributed by atoms with Crippen LogP contribution in [-0.2, 0) is 0 Å². The average Bonchev–Trinajstić information content (AvgIpc) is 2.33. The van der Waals surface area contributed by atoms with Crippen molar-refractivity contribution >= 4 is 0 Å². The van der Waals surface area contributed by atoms with Crippen molar-refractivity contribution in [2.75, 3.05) is 32.8 Å². The Balaban J connectivity index is 3.85. The molecule has 0 spiro atoms. The molecule has 0 saturated heterocycles. The first kappa shape index (κ1) is 15.9. The monoisotopic (exact) mass is 230 g/mol. The summed E-state index contributed by atoms with van der Waals surface area (Å²) in [5.41, 5.74) is 0. The average molecular weight is 230 g/mol. The van der Waals surface area contributed by atoms with Gasteiger partial charge in [-0.05, 0) is 19.0 Å². The van der Waals surface area contributed by atoms with E-state index in [0.29, 0.717) is 5.92 Å². The van der Waals surface area contributed by atoms with Crippen LogP contribution >= 0.6 is 0 Å². The molecule has 0 fully saturated rings.